The number of ether oxygens (including phenoxy) is 1. The second kappa shape index (κ2) is 11.8. The monoisotopic (exact) mass is 386 g/mol. The summed E-state index contributed by atoms with van der Waals surface area (Å²) in [4.78, 5) is 21.8. The number of carbonyl (C=O) groups excluding carboxylic acids is 2. The number of urea groups is 1. The Morgan fingerprint density at radius 2 is 1.50 bits per heavy atom. The summed E-state index contributed by atoms with van der Waals surface area (Å²) in [6.07, 6.45) is 6.63. The van der Waals surface area contributed by atoms with Crippen LogP contribution in [0, 0.1) is 0 Å². The molecule has 1 aliphatic carbocycles. The Bertz CT molecular complexity index is 734. The Morgan fingerprint density at radius 3 is 2.00 bits per heavy atom. The van der Waals surface area contributed by atoms with Gasteiger partial charge in [-0.15, -0.1) is 0 Å². The van der Waals surface area contributed by atoms with Crippen LogP contribution < -0.4 is 10.6 Å². The van der Waals surface area contributed by atoms with Gasteiger partial charge in [0.25, 0.3) is 0 Å². The highest BCUT2D eigenvalue weighted by atomic mass is 16.5. The zero-order chi connectivity index (χ0) is 20.2. The molecule has 2 N–H and O–H groups in total. The van der Waals surface area contributed by atoms with E-state index in [9.17, 15) is 9.59 Å². The van der Waals surface area contributed by atoms with Crippen LogP contribution in [0.4, 0.5) is 16.2 Å². The van der Waals surface area contributed by atoms with Crippen molar-refractivity contribution in [3.63, 3.8) is 0 Å². The third-order valence-electron chi connectivity index (χ3n) is 4.62. The fourth-order valence-electron chi connectivity index (χ4n) is 3.29. The van der Waals surface area contributed by atoms with E-state index in [0.717, 1.165) is 11.4 Å². The number of para-hydroxylation sites is 1. The number of hydrogen-bond donors (Lipinski definition) is 2. The molecule has 1 aliphatic rings. The van der Waals surface area contributed by atoms with Gasteiger partial charge in [-0.25, -0.2) is 4.79 Å². The lowest BCUT2D eigenvalue weighted by atomic mass is 9.84. The van der Waals surface area contributed by atoms with Gasteiger partial charge in [0.05, 0.1) is 6.61 Å². The number of anilines is 2. The number of rotatable bonds is 4. The van der Waals surface area contributed by atoms with E-state index < -0.39 is 0 Å². The van der Waals surface area contributed by atoms with Crippen molar-refractivity contribution in [2.45, 2.75) is 51.9 Å². The maximum atomic E-state index is 11.9. The van der Waals surface area contributed by atoms with Crippen molar-refractivity contribution in [1.82, 2.24) is 0 Å². The molecule has 28 heavy (non-hydrogen) atoms. The number of esters is 1. The molecule has 2 amide bonds. The van der Waals surface area contributed by atoms with E-state index in [1.54, 1.807) is 6.92 Å². The van der Waals surface area contributed by atoms with Gasteiger partial charge in [0.15, 0.2) is 0 Å². The predicted octanol–water partition coefficient (Wildman–Crippen LogP) is 6.44. The molecule has 2 aromatic rings. The Balaban J connectivity index is 0.000000930. The van der Waals surface area contributed by atoms with E-state index >= 15 is 0 Å². The quantitative estimate of drug-likeness (QED) is 0.594. The minimum absolute atomic E-state index is 0. The van der Waals surface area contributed by atoms with Gasteiger partial charge in [-0.1, -0.05) is 49.6 Å². The van der Waals surface area contributed by atoms with Gasteiger partial charge in [-0.3, -0.25) is 4.79 Å². The average molecular weight is 387 g/mol. The average Bonchev–Trinajstić information content (AvgIpc) is 2.70. The minimum Gasteiger partial charge on any atom is -0.466 e. The van der Waals surface area contributed by atoms with Crippen LogP contribution >= 0.6 is 0 Å². The summed E-state index contributed by atoms with van der Waals surface area (Å²) < 4.78 is 4.40. The summed E-state index contributed by atoms with van der Waals surface area (Å²) in [5.41, 5.74) is 3.01. The molecule has 0 heterocycles. The third kappa shape index (κ3) is 7.82. The molecule has 5 heteroatoms. The largest absolute Gasteiger partial charge is 0.466 e. The molecule has 1 saturated carbocycles. The molecular weight excluding hydrogens is 352 g/mol. The SMILES string of the molecule is CCOC(C)=O.O=C(Nc1ccccc1)Nc1ccc(C2CCCCC2)cc1.[HH].[HH]. The zero-order valence-electron chi connectivity index (χ0n) is 16.7. The van der Waals surface area contributed by atoms with Gasteiger partial charge >= 0.3 is 12.0 Å². The zero-order valence-corrected chi connectivity index (χ0v) is 16.7. The molecule has 0 spiro atoms. The first-order valence-corrected chi connectivity index (χ1v) is 9.95. The molecule has 0 radical (unpaired) electrons. The summed E-state index contributed by atoms with van der Waals surface area (Å²) in [5.74, 6) is 0.485. The topological polar surface area (TPSA) is 67.4 Å². The molecule has 3 rings (SSSR count). The number of benzene rings is 2. The van der Waals surface area contributed by atoms with Crippen LogP contribution in [-0.2, 0) is 9.53 Å². The first-order valence-electron chi connectivity index (χ1n) is 9.95. The molecule has 0 bridgehead atoms. The lowest BCUT2D eigenvalue weighted by Gasteiger charge is -2.22. The standard InChI is InChI=1S/C19H22N2O.C4H8O2.2H2/c22-19(20-17-9-5-2-6-10-17)21-18-13-11-16(12-14-18)15-7-3-1-4-8-15;1-3-6-4(2)5;;/h2,5-6,9-15H,1,3-4,7-8H2,(H2,20,21,22);3H2,1-2H3;2*1H. The third-order valence-corrected chi connectivity index (χ3v) is 4.62. The molecule has 0 saturated heterocycles. The van der Waals surface area contributed by atoms with Gasteiger partial charge in [0, 0.05) is 21.2 Å². The summed E-state index contributed by atoms with van der Waals surface area (Å²) in [7, 11) is 0. The number of hydrogen-bond acceptors (Lipinski definition) is 3. The fourth-order valence-corrected chi connectivity index (χ4v) is 3.29. The van der Waals surface area contributed by atoms with Crippen molar-refractivity contribution >= 4 is 23.4 Å². The number of carbonyl (C=O) groups is 2. The van der Waals surface area contributed by atoms with Gasteiger partial charge in [-0.2, -0.15) is 0 Å². The van der Waals surface area contributed by atoms with E-state index in [1.807, 2.05) is 42.5 Å². The Morgan fingerprint density at radius 1 is 0.929 bits per heavy atom. The highest BCUT2D eigenvalue weighted by Gasteiger charge is 2.15. The summed E-state index contributed by atoms with van der Waals surface area (Å²) >= 11 is 0. The van der Waals surface area contributed by atoms with Gasteiger partial charge < -0.3 is 15.4 Å². The first-order chi connectivity index (χ1) is 13.6. The maximum absolute atomic E-state index is 11.9. The molecule has 154 valence electrons. The lowest BCUT2D eigenvalue weighted by molar-refractivity contribution is -0.140. The van der Waals surface area contributed by atoms with Crippen LogP contribution in [-0.4, -0.2) is 18.6 Å². The van der Waals surface area contributed by atoms with Gasteiger partial charge in [0.1, 0.15) is 0 Å². The van der Waals surface area contributed by atoms with Gasteiger partial charge in [0.2, 0.25) is 0 Å². The molecule has 0 atom stereocenters. The Kier molecular flexibility index (Phi) is 9.05. The van der Waals surface area contributed by atoms with Crippen molar-refractivity contribution in [3.05, 3.63) is 60.2 Å². The summed E-state index contributed by atoms with van der Waals surface area (Å²) in [5, 5.41) is 5.69. The van der Waals surface area contributed by atoms with Crippen molar-refractivity contribution in [1.29, 1.82) is 0 Å². The van der Waals surface area contributed by atoms with Gasteiger partial charge in [-0.05, 0) is 55.5 Å². The van der Waals surface area contributed by atoms with Crippen LogP contribution in [0.2, 0.25) is 0 Å². The lowest BCUT2D eigenvalue weighted by Crippen LogP contribution is -2.19. The van der Waals surface area contributed by atoms with E-state index in [1.165, 1.54) is 44.6 Å². The van der Waals surface area contributed by atoms with E-state index in [2.05, 4.69) is 27.5 Å². The number of nitrogens with one attached hydrogen (secondary N) is 2. The molecule has 1 fully saturated rings. The number of amides is 2. The van der Waals surface area contributed by atoms with E-state index in [-0.39, 0.29) is 14.9 Å². The highest BCUT2D eigenvalue weighted by Crippen LogP contribution is 2.32. The van der Waals surface area contributed by atoms with Crippen molar-refractivity contribution in [2.75, 3.05) is 17.2 Å². The van der Waals surface area contributed by atoms with Crippen LogP contribution in [0.5, 0.6) is 0 Å². The highest BCUT2D eigenvalue weighted by molar-refractivity contribution is 5.99. The predicted molar refractivity (Wildman–Crippen MR) is 118 cm³/mol. The first kappa shape index (κ1) is 21.5. The van der Waals surface area contributed by atoms with Crippen LogP contribution in [0.25, 0.3) is 0 Å². The molecule has 0 aromatic heterocycles. The maximum Gasteiger partial charge on any atom is 0.323 e. The van der Waals surface area contributed by atoms with Crippen LogP contribution in [0.1, 0.15) is 60.3 Å². The molecule has 0 unspecified atom stereocenters. The second-order valence-corrected chi connectivity index (χ2v) is 6.83. The molecule has 2 aromatic carbocycles. The van der Waals surface area contributed by atoms with E-state index in [0.29, 0.717) is 12.5 Å². The summed E-state index contributed by atoms with van der Waals surface area (Å²) in [6.45, 7) is 3.65. The van der Waals surface area contributed by atoms with Crippen LogP contribution in [0.3, 0.4) is 0 Å². The van der Waals surface area contributed by atoms with Crippen LogP contribution in [0.15, 0.2) is 54.6 Å². The minimum atomic E-state index is -0.211. The van der Waals surface area contributed by atoms with E-state index in [4.69, 9.17) is 0 Å². The molecular formula is C23H34N2O3. The Hall–Kier alpha value is -2.82. The van der Waals surface area contributed by atoms with Crippen molar-refractivity contribution < 1.29 is 17.2 Å². The van der Waals surface area contributed by atoms with Crippen molar-refractivity contribution in [2.24, 2.45) is 0 Å². The molecule has 5 nitrogen and oxygen atoms in total. The smallest absolute Gasteiger partial charge is 0.323 e. The normalized spacial score (nSPS) is 13.6. The summed E-state index contributed by atoms with van der Waals surface area (Å²) in [6, 6.07) is 17.5. The second-order valence-electron chi connectivity index (χ2n) is 6.83. The fraction of sp³-hybridized carbons (Fsp3) is 0.391. The molecule has 0 aliphatic heterocycles. The Labute approximate surface area is 170 Å². The van der Waals surface area contributed by atoms with Crippen molar-refractivity contribution in [3.8, 4) is 0 Å².